The standard InChI is InChI=1S/C12H8F2O3/c1-17-12(16)7-4-6-2-3-8(13)11(14)10(6)9(15)5-7/h2-5,15H,1H3. The maximum Gasteiger partial charge on any atom is 0.338 e. The molecule has 0 aromatic heterocycles. The fourth-order valence-electron chi connectivity index (χ4n) is 1.61. The number of phenolic OH excluding ortho intramolecular Hbond substituents is 1. The Kier molecular flexibility index (Phi) is 2.67. The number of hydrogen-bond donors (Lipinski definition) is 1. The van der Waals surface area contributed by atoms with Crippen LogP contribution in [-0.2, 0) is 4.74 Å². The van der Waals surface area contributed by atoms with Gasteiger partial charge in [0.1, 0.15) is 5.75 Å². The van der Waals surface area contributed by atoms with E-state index in [0.29, 0.717) is 0 Å². The third-order valence-electron chi connectivity index (χ3n) is 2.41. The molecular weight excluding hydrogens is 230 g/mol. The van der Waals surface area contributed by atoms with Crippen LogP contribution >= 0.6 is 0 Å². The molecule has 0 heterocycles. The average Bonchev–Trinajstić information content (AvgIpc) is 2.32. The summed E-state index contributed by atoms with van der Waals surface area (Å²) in [4.78, 5) is 11.3. The van der Waals surface area contributed by atoms with Crippen LogP contribution in [-0.4, -0.2) is 18.2 Å². The van der Waals surface area contributed by atoms with Crippen LogP contribution < -0.4 is 0 Å². The number of carbonyl (C=O) groups excluding carboxylic acids is 1. The molecule has 0 spiro atoms. The third kappa shape index (κ3) is 1.80. The zero-order valence-corrected chi connectivity index (χ0v) is 8.83. The van der Waals surface area contributed by atoms with Gasteiger partial charge in [-0.1, -0.05) is 6.07 Å². The Labute approximate surface area is 95.2 Å². The van der Waals surface area contributed by atoms with Crippen LogP contribution in [0, 0.1) is 11.6 Å². The third-order valence-corrected chi connectivity index (χ3v) is 2.41. The van der Waals surface area contributed by atoms with Crippen LogP contribution in [0.2, 0.25) is 0 Å². The van der Waals surface area contributed by atoms with E-state index in [0.717, 1.165) is 12.1 Å². The lowest BCUT2D eigenvalue weighted by molar-refractivity contribution is 0.0600. The number of benzene rings is 2. The maximum atomic E-state index is 13.4. The summed E-state index contributed by atoms with van der Waals surface area (Å²) in [6.07, 6.45) is 0. The minimum atomic E-state index is -1.14. The summed E-state index contributed by atoms with van der Waals surface area (Å²) in [5.74, 6) is -3.36. The summed E-state index contributed by atoms with van der Waals surface area (Å²) in [5, 5.41) is 9.56. The Morgan fingerprint density at radius 3 is 2.65 bits per heavy atom. The molecule has 0 fully saturated rings. The van der Waals surface area contributed by atoms with E-state index >= 15 is 0 Å². The van der Waals surface area contributed by atoms with Crippen molar-refractivity contribution < 1.29 is 23.4 Å². The Hall–Kier alpha value is -2.17. The molecule has 2 aromatic carbocycles. The summed E-state index contributed by atoms with van der Waals surface area (Å²) in [6, 6.07) is 4.57. The first-order valence-electron chi connectivity index (χ1n) is 4.73. The molecule has 5 heteroatoms. The normalized spacial score (nSPS) is 10.5. The van der Waals surface area contributed by atoms with E-state index in [9.17, 15) is 18.7 Å². The lowest BCUT2D eigenvalue weighted by atomic mass is 10.1. The van der Waals surface area contributed by atoms with Crippen molar-refractivity contribution in [3.05, 3.63) is 41.5 Å². The largest absolute Gasteiger partial charge is 0.507 e. The molecular formula is C12H8F2O3. The molecule has 0 saturated carbocycles. The topological polar surface area (TPSA) is 46.5 Å². The molecule has 2 aromatic rings. The predicted octanol–water partition coefficient (Wildman–Crippen LogP) is 2.61. The van der Waals surface area contributed by atoms with Crippen LogP contribution in [0.4, 0.5) is 8.78 Å². The number of fused-ring (bicyclic) bond motifs is 1. The Morgan fingerprint density at radius 1 is 1.29 bits per heavy atom. The zero-order chi connectivity index (χ0) is 12.6. The lowest BCUT2D eigenvalue weighted by Crippen LogP contribution is -2.01. The minimum Gasteiger partial charge on any atom is -0.507 e. The SMILES string of the molecule is COC(=O)c1cc(O)c2c(F)c(F)ccc2c1. The molecule has 0 bridgehead atoms. The molecule has 0 atom stereocenters. The second-order valence-electron chi connectivity index (χ2n) is 3.45. The number of methoxy groups -OCH3 is 1. The first-order chi connectivity index (χ1) is 8.04. The molecule has 1 N–H and O–H groups in total. The highest BCUT2D eigenvalue weighted by Gasteiger charge is 2.15. The van der Waals surface area contributed by atoms with Crippen molar-refractivity contribution in [1.29, 1.82) is 0 Å². The second-order valence-corrected chi connectivity index (χ2v) is 3.45. The van der Waals surface area contributed by atoms with E-state index in [1.807, 2.05) is 0 Å². The molecule has 17 heavy (non-hydrogen) atoms. The molecule has 3 nitrogen and oxygen atoms in total. The fraction of sp³-hybridized carbons (Fsp3) is 0.0833. The number of halogens is 2. The Bertz CT molecular complexity index is 608. The van der Waals surface area contributed by atoms with Crippen molar-refractivity contribution in [2.24, 2.45) is 0 Å². The summed E-state index contributed by atoms with van der Waals surface area (Å²) in [5.41, 5.74) is 0.0727. The number of ether oxygens (including phenoxy) is 1. The zero-order valence-electron chi connectivity index (χ0n) is 8.83. The summed E-state index contributed by atoms with van der Waals surface area (Å²) in [7, 11) is 1.19. The van der Waals surface area contributed by atoms with Gasteiger partial charge < -0.3 is 9.84 Å². The highest BCUT2D eigenvalue weighted by atomic mass is 19.2. The van der Waals surface area contributed by atoms with Gasteiger partial charge in [0.15, 0.2) is 11.6 Å². The van der Waals surface area contributed by atoms with E-state index < -0.39 is 23.4 Å². The number of esters is 1. The van der Waals surface area contributed by atoms with Gasteiger partial charge in [0.25, 0.3) is 0 Å². The van der Waals surface area contributed by atoms with Crippen molar-refractivity contribution >= 4 is 16.7 Å². The quantitative estimate of drug-likeness (QED) is 0.777. The summed E-state index contributed by atoms with van der Waals surface area (Å²) in [6.45, 7) is 0. The molecule has 0 aliphatic carbocycles. The fourth-order valence-corrected chi connectivity index (χ4v) is 1.61. The van der Waals surface area contributed by atoms with Gasteiger partial charge in [-0.05, 0) is 23.6 Å². The maximum absolute atomic E-state index is 13.4. The van der Waals surface area contributed by atoms with E-state index in [1.54, 1.807) is 0 Å². The van der Waals surface area contributed by atoms with Gasteiger partial charge in [-0.2, -0.15) is 0 Å². The molecule has 2 rings (SSSR count). The Morgan fingerprint density at radius 2 is 2.00 bits per heavy atom. The van der Waals surface area contributed by atoms with Crippen molar-refractivity contribution in [3.63, 3.8) is 0 Å². The minimum absolute atomic E-state index is 0.0727. The molecule has 0 aliphatic rings. The van der Waals surface area contributed by atoms with Crippen molar-refractivity contribution in [1.82, 2.24) is 0 Å². The van der Waals surface area contributed by atoms with Crippen LogP contribution in [0.3, 0.4) is 0 Å². The van der Waals surface area contributed by atoms with Gasteiger partial charge in [-0.15, -0.1) is 0 Å². The molecule has 0 aliphatic heterocycles. The van der Waals surface area contributed by atoms with Crippen LogP contribution in [0.5, 0.6) is 5.75 Å². The molecule has 88 valence electrons. The number of phenols is 1. The Balaban J connectivity index is 2.76. The summed E-state index contributed by atoms with van der Waals surface area (Å²) < 4.78 is 30.9. The number of aromatic hydroxyl groups is 1. The number of rotatable bonds is 1. The van der Waals surface area contributed by atoms with Gasteiger partial charge in [-0.25, -0.2) is 13.6 Å². The van der Waals surface area contributed by atoms with Gasteiger partial charge >= 0.3 is 5.97 Å². The smallest absolute Gasteiger partial charge is 0.338 e. The molecule has 0 saturated heterocycles. The highest BCUT2D eigenvalue weighted by molar-refractivity contribution is 5.98. The summed E-state index contributed by atoms with van der Waals surface area (Å²) >= 11 is 0. The number of hydrogen-bond acceptors (Lipinski definition) is 3. The van der Waals surface area contributed by atoms with Gasteiger partial charge in [-0.3, -0.25) is 0 Å². The second kappa shape index (κ2) is 4.01. The van der Waals surface area contributed by atoms with Gasteiger partial charge in [0.05, 0.1) is 18.1 Å². The van der Waals surface area contributed by atoms with E-state index in [1.165, 1.54) is 19.2 Å². The van der Waals surface area contributed by atoms with Crippen LogP contribution in [0.1, 0.15) is 10.4 Å². The first-order valence-corrected chi connectivity index (χ1v) is 4.73. The van der Waals surface area contributed by atoms with E-state index in [4.69, 9.17) is 0 Å². The van der Waals surface area contributed by atoms with Gasteiger partial charge in [0, 0.05) is 0 Å². The monoisotopic (exact) mass is 238 g/mol. The van der Waals surface area contributed by atoms with E-state index in [2.05, 4.69) is 4.74 Å². The van der Waals surface area contributed by atoms with Gasteiger partial charge in [0.2, 0.25) is 0 Å². The first kappa shape index (κ1) is 11.3. The van der Waals surface area contributed by atoms with Crippen LogP contribution in [0.25, 0.3) is 10.8 Å². The highest BCUT2D eigenvalue weighted by Crippen LogP contribution is 2.30. The van der Waals surface area contributed by atoms with E-state index in [-0.39, 0.29) is 16.3 Å². The number of carbonyl (C=O) groups is 1. The molecule has 0 amide bonds. The predicted molar refractivity (Wildman–Crippen MR) is 56.9 cm³/mol. The van der Waals surface area contributed by atoms with Crippen LogP contribution in [0.15, 0.2) is 24.3 Å². The lowest BCUT2D eigenvalue weighted by Gasteiger charge is -2.06. The van der Waals surface area contributed by atoms with Crippen molar-refractivity contribution in [3.8, 4) is 5.75 Å². The van der Waals surface area contributed by atoms with Crippen molar-refractivity contribution in [2.75, 3.05) is 7.11 Å². The molecule has 0 radical (unpaired) electrons. The molecule has 0 unspecified atom stereocenters. The average molecular weight is 238 g/mol. The van der Waals surface area contributed by atoms with Crippen molar-refractivity contribution in [2.45, 2.75) is 0 Å².